The van der Waals surface area contributed by atoms with Gasteiger partial charge in [0.25, 0.3) is 5.91 Å². The molecule has 0 saturated carbocycles. The van der Waals surface area contributed by atoms with Crippen LogP contribution < -0.4 is 0 Å². The Morgan fingerprint density at radius 3 is 2.38 bits per heavy atom. The summed E-state index contributed by atoms with van der Waals surface area (Å²) in [6.45, 7) is 1.63. The minimum absolute atomic E-state index is 0.101. The molecule has 1 unspecified atom stereocenters. The van der Waals surface area contributed by atoms with Gasteiger partial charge in [-0.2, -0.15) is 0 Å². The van der Waals surface area contributed by atoms with Gasteiger partial charge in [0.1, 0.15) is 0 Å². The molecule has 1 saturated heterocycles. The third-order valence-corrected chi connectivity index (χ3v) is 4.19. The highest BCUT2D eigenvalue weighted by atomic mass is 79.9. The second-order valence-corrected chi connectivity index (χ2v) is 6.92. The Labute approximate surface area is 120 Å². The molecule has 0 aromatic heterocycles. The average molecular weight is 412 g/mol. The topological polar surface area (TPSA) is 20.3 Å². The first-order valence-corrected chi connectivity index (χ1v) is 7.46. The summed E-state index contributed by atoms with van der Waals surface area (Å²) < 4.78 is 1.83. The van der Waals surface area contributed by atoms with E-state index in [1.807, 2.05) is 23.1 Å². The minimum atomic E-state index is 0.101. The second-order valence-electron chi connectivity index (χ2n) is 3.80. The summed E-state index contributed by atoms with van der Waals surface area (Å²) in [6.07, 6.45) is 1.03. The molecular weight excluding hydrogens is 402 g/mol. The van der Waals surface area contributed by atoms with Crippen molar-refractivity contribution in [2.75, 3.05) is 13.1 Å². The van der Waals surface area contributed by atoms with E-state index in [2.05, 4.69) is 47.8 Å². The van der Waals surface area contributed by atoms with Crippen LogP contribution in [0.5, 0.6) is 0 Å². The normalized spacial score (nSPS) is 20.2. The van der Waals surface area contributed by atoms with E-state index in [0.717, 1.165) is 34.0 Å². The smallest absolute Gasteiger partial charge is 0.253 e. The van der Waals surface area contributed by atoms with Crippen LogP contribution in [0.3, 0.4) is 0 Å². The number of hydrogen-bond donors (Lipinski definition) is 0. The van der Waals surface area contributed by atoms with E-state index in [1.54, 1.807) is 0 Å². The zero-order chi connectivity index (χ0) is 11.7. The first-order valence-electron chi connectivity index (χ1n) is 4.95. The fraction of sp³-hybridized carbons (Fsp3) is 0.364. The number of amides is 1. The summed E-state index contributed by atoms with van der Waals surface area (Å²) in [5, 5.41) is 0. The lowest BCUT2D eigenvalue weighted by molar-refractivity contribution is 0.0793. The Hall–Kier alpha value is 0.130. The van der Waals surface area contributed by atoms with Gasteiger partial charge in [0, 0.05) is 32.4 Å². The van der Waals surface area contributed by atoms with Crippen molar-refractivity contribution < 1.29 is 4.79 Å². The number of hydrogen-bond acceptors (Lipinski definition) is 1. The largest absolute Gasteiger partial charge is 0.337 e. The molecule has 1 atom stereocenters. The third kappa shape index (κ3) is 2.87. The van der Waals surface area contributed by atoms with Crippen LogP contribution in [0.15, 0.2) is 27.1 Å². The lowest BCUT2D eigenvalue weighted by Crippen LogP contribution is -2.28. The number of nitrogens with zero attached hydrogens (tertiary/aromatic N) is 1. The summed E-state index contributed by atoms with van der Waals surface area (Å²) in [6, 6.07) is 5.64. The van der Waals surface area contributed by atoms with Crippen molar-refractivity contribution in [1.82, 2.24) is 4.90 Å². The highest BCUT2D eigenvalue weighted by Crippen LogP contribution is 2.23. The van der Waals surface area contributed by atoms with Crippen LogP contribution >= 0.6 is 47.8 Å². The number of rotatable bonds is 1. The maximum absolute atomic E-state index is 12.2. The maximum atomic E-state index is 12.2. The number of alkyl halides is 1. The van der Waals surface area contributed by atoms with Crippen LogP contribution in [0, 0.1) is 0 Å². The quantitative estimate of drug-likeness (QED) is 0.643. The molecule has 1 heterocycles. The molecule has 2 nitrogen and oxygen atoms in total. The molecule has 0 bridgehead atoms. The van der Waals surface area contributed by atoms with Gasteiger partial charge in [0.05, 0.1) is 0 Å². The van der Waals surface area contributed by atoms with Crippen molar-refractivity contribution in [3.05, 3.63) is 32.7 Å². The van der Waals surface area contributed by atoms with E-state index in [0.29, 0.717) is 4.83 Å². The van der Waals surface area contributed by atoms with Crippen LogP contribution in [0.2, 0.25) is 0 Å². The highest BCUT2D eigenvalue weighted by molar-refractivity contribution is 9.11. The van der Waals surface area contributed by atoms with Crippen molar-refractivity contribution in [3.63, 3.8) is 0 Å². The summed E-state index contributed by atoms with van der Waals surface area (Å²) in [4.78, 5) is 14.5. The van der Waals surface area contributed by atoms with Gasteiger partial charge in [-0.1, -0.05) is 47.8 Å². The molecule has 0 radical (unpaired) electrons. The predicted octanol–water partition coefficient (Wildman–Crippen LogP) is 3.82. The Balaban J connectivity index is 2.20. The first-order chi connectivity index (χ1) is 7.56. The molecule has 16 heavy (non-hydrogen) atoms. The Kier molecular flexibility index (Phi) is 4.08. The lowest BCUT2D eigenvalue weighted by Gasteiger charge is -2.15. The molecule has 0 aliphatic carbocycles. The van der Waals surface area contributed by atoms with E-state index in [4.69, 9.17) is 0 Å². The molecule has 0 spiro atoms. The fourth-order valence-corrected chi connectivity index (χ4v) is 3.61. The number of halogens is 3. The van der Waals surface area contributed by atoms with E-state index in [1.165, 1.54) is 0 Å². The predicted molar refractivity (Wildman–Crippen MR) is 75.1 cm³/mol. The summed E-state index contributed by atoms with van der Waals surface area (Å²) in [5.41, 5.74) is 0.725. The summed E-state index contributed by atoms with van der Waals surface area (Å²) in [5.74, 6) is 0.101. The Morgan fingerprint density at radius 2 is 1.88 bits per heavy atom. The summed E-state index contributed by atoms with van der Waals surface area (Å²) in [7, 11) is 0. The molecule has 86 valence electrons. The molecule has 1 aliphatic heterocycles. The number of likely N-dealkylation sites (tertiary alicyclic amines) is 1. The highest BCUT2D eigenvalue weighted by Gasteiger charge is 2.25. The first kappa shape index (κ1) is 12.6. The van der Waals surface area contributed by atoms with Crippen molar-refractivity contribution in [3.8, 4) is 0 Å². The third-order valence-electron chi connectivity index (χ3n) is 2.53. The molecular formula is C11H10Br3NO. The van der Waals surface area contributed by atoms with Crippen LogP contribution in [-0.2, 0) is 0 Å². The van der Waals surface area contributed by atoms with Gasteiger partial charge >= 0.3 is 0 Å². The molecule has 1 amide bonds. The zero-order valence-corrected chi connectivity index (χ0v) is 13.2. The summed E-state index contributed by atoms with van der Waals surface area (Å²) >= 11 is 10.3. The number of carbonyl (C=O) groups is 1. The monoisotopic (exact) mass is 409 g/mol. The molecule has 5 heteroatoms. The molecule has 1 aliphatic rings. The lowest BCUT2D eigenvalue weighted by atomic mass is 10.2. The zero-order valence-electron chi connectivity index (χ0n) is 8.42. The number of carbonyl (C=O) groups excluding carboxylic acids is 1. The molecule has 2 rings (SSSR count). The van der Waals surface area contributed by atoms with Crippen molar-refractivity contribution >= 4 is 53.7 Å². The molecule has 1 aromatic rings. The second kappa shape index (κ2) is 5.19. The van der Waals surface area contributed by atoms with Gasteiger partial charge in [-0.25, -0.2) is 0 Å². The molecule has 0 N–H and O–H groups in total. The van der Waals surface area contributed by atoms with E-state index >= 15 is 0 Å². The average Bonchev–Trinajstić information content (AvgIpc) is 2.62. The van der Waals surface area contributed by atoms with Gasteiger partial charge in [0.2, 0.25) is 0 Å². The Morgan fingerprint density at radius 1 is 1.25 bits per heavy atom. The molecule has 1 fully saturated rings. The van der Waals surface area contributed by atoms with Gasteiger partial charge in [-0.05, 0) is 24.6 Å². The van der Waals surface area contributed by atoms with Crippen molar-refractivity contribution in [2.45, 2.75) is 11.2 Å². The SMILES string of the molecule is O=C(c1cc(Br)cc(Br)c1)N1CCC(Br)C1. The van der Waals surface area contributed by atoms with Gasteiger partial charge in [-0.15, -0.1) is 0 Å². The van der Waals surface area contributed by atoms with Crippen LogP contribution in [0.4, 0.5) is 0 Å². The van der Waals surface area contributed by atoms with E-state index < -0.39 is 0 Å². The van der Waals surface area contributed by atoms with Gasteiger partial charge in [-0.3, -0.25) is 4.79 Å². The van der Waals surface area contributed by atoms with Crippen molar-refractivity contribution in [1.29, 1.82) is 0 Å². The maximum Gasteiger partial charge on any atom is 0.253 e. The molecule has 1 aromatic carbocycles. The standard InChI is InChI=1S/C11H10Br3NO/c12-8-1-2-15(6-8)11(16)7-3-9(13)5-10(14)4-7/h3-5,8H,1-2,6H2. The number of benzene rings is 1. The Bertz CT molecular complexity index is 401. The van der Waals surface area contributed by atoms with Crippen LogP contribution in [0.1, 0.15) is 16.8 Å². The van der Waals surface area contributed by atoms with Gasteiger partial charge < -0.3 is 4.90 Å². The van der Waals surface area contributed by atoms with E-state index in [-0.39, 0.29) is 5.91 Å². The van der Waals surface area contributed by atoms with Gasteiger partial charge in [0.15, 0.2) is 0 Å². The van der Waals surface area contributed by atoms with Crippen LogP contribution in [0.25, 0.3) is 0 Å². The van der Waals surface area contributed by atoms with E-state index in [9.17, 15) is 4.79 Å². The van der Waals surface area contributed by atoms with Crippen LogP contribution in [-0.4, -0.2) is 28.7 Å². The van der Waals surface area contributed by atoms with Crippen molar-refractivity contribution in [2.24, 2.45) is 0 Å². The minimum Gasteiger partial charge on any atom is -0.337 e. The fourth-order valence-electron chi connectivity index (χ4n) is 1.76.